The number of amides is 1. The molecular weight excluding hydrogens is 438 g/mol. The van der Waals surface area contributed by atoms with Gasteiger partial charge in [-0.3, -0.25) is 4.79 Å². The lowest BCUT2D eigenvalue weighted by atomic mass is 9.94. The molecule has 4 nitrogen and oxygen atoms in total. The molecule has 1 unspecified atom stereocenters. The van der Waals surface area contributed by atoms with Crippen molar-refractivity contribution in [1.29, 1.82) is 0 Å². The molecule has 0 aromatic heterocycles. The lowest BCUT2D eigenvalue weighted by molar-refractivity contribution is -0.0540. The van der Waals surface area contributed by atoms with Crippen molar-refractivity contribution in [3.8, 4) is 0 Å². The third-order valence-electron chi connectivity index (χ3n) is 6.70. The number of nitrogens with zero attached hydrogens (tertiary/aromatic N) is 1. The topological polar surface area (TPSA) is 49.8 Å². The third kappa shape index (κ3) is 3.68. The summed E-state index contributed by atoms with van der Waals surface area (Å²) in [5.41, 5.74) is 0.271. The third-order valence-corrected chi connectivity index (χ3v) is 10.4. The molecule has 1 atom stereocenters. The molecule has 4 aromatic rings. The summed E-state index contributed by atoms with van der Waals surface area (Å²) in [6.07, 6.45) is 0. The fourth-order valence-electron chi connectivity index (χ4n) is 4.84. The van der Waals surface area contributed by atoms with Crippen LogP contribution in [0.2, 0.25) is 6.55 Å². The van der Waals surface area contributed by atoms with Gasteiger partial charge >= 0.3 is 0 Å². The Bertz CT molecular complexity index is 1240. The Morgan fingerprint density at radius 3 is 1.85 bits per heavy atom. The first-order valence-corrected chi connectivity index (χ1v) is 13.9. The van der Waals surface area contributed by atoms with E-state index in [1.165, 1.54) is 4.90 Å². The second kappa shape index (κ2) is 9.03. The molecule has 0 bridgehead atoms. The SMILES string of the molecule is C[Si](OCCN1C(=O)c2ccccc2C1(O)c1ccccc1)(c1ccccc1)c1ccccc1. The second-order valence-corrected chi connectivity index (χ2v) is 12.2. The molecule has 0 saturated heterocycles. The molecule has 0 saturated carbocycles. The lowest BCUT2D eigenvalue weighted by Gasteiger charge is -2.36. The molecule has 0 spiro atoms. The summed E-state index contributed by atoms with van der Waals surface area (Å²) in [6, 6.07) is 37.2. The Morgan fingerprint density at radius 2 is 1.26 bits per heavy atom. The van der Waals surface area contributed by atoms with Gasteiger partial charge in [-0.25, -0.2) is 0 Å². The van der Waals surface area contributed by atoms with Crippen LogP contribution >= 0.6 is 0 Å². The van der Waals surface area contributed by atoms with Crippen LogP contribution in [0, 0.1) is 0 Å². The van der Waals surface area contributed by atoms with Crippen LogP contribution in [-0.4, -0.2) is 37.4 Å². The summed E-state index contributed by atoms with van der Waals surface area (Å²) in [6.45, 7) is 2.75. The van der Waals surface area contributed by atoms with Crippen LogP contribution in [0.4, 0.5) is 0 Å². The van der Waals surface area contributed by atoms with E-state index in [0.717, 1.165) is 10.4 Å². The van der Waals surface area contributed by atoms with E-state index in [2.05, 4.69) is 30.8 Å². The lowest BCUT2D eigenvalue weighted by Crippen LogP contribution is -2.59. The fraction of sp³-hybridized carbons (Fsp3) is 0.138. The normalized spacial score (nSPS) is 17.6. The van der Waals surface area contributed by atoms with Crippen LogP contribution in [0.15, 0.2) is 115 Å². The van der Waals surface area contributed by atoms with E-state index >= 15 is 0 Å². The minimum absolute atomic E-state index is 0.187. The Balaban J connectivity index is 1.46. The van der Waals surface area contributed by atoms with E-state index < -0.39 is 14.0 Å². The van der Waals surface area contributed by atoms with Crippen molar-refractivity contribution in [3.63, 3.8) is 0 Å². The summed E-state index contributed by atoms with van der Waals surface area (Å²) >= 11 is 0. The van der Waals surface area contributed by atoms with Crippen molar-refractivity contribution < 1.29 is 14.3 Å². The molecule has 5 heteroatoms. The molecular formula is C29H27NO3Si. The van der Waals surface area contributed by atoms with E-state index in [1.807, 2.05) is 84.9 Å². The summed E-state index contributed by atoms with van der Waals surface area (Å²) in [5, 5.41) is 14.3. The van der Waals surface area contributed by atoms with E-state index in [1.54, 1.807) is 6.07 Å². The summed E-state index contributed by atoms with van der Waals surface area (Å²) in [7, 11) is -2.52. The molecule has 1 heterocycles. The summed E-state index contributed by atoms with van der Waals surface area (Å²) < 4.78 is 6.67. The summed E-state index contributed by atoms with van der Waals surface area (Å²) in [4.78, 5) is 14.9. The Kier molecular flexibility index (Phi) is 5.92. The maximum atomic E-state index is 13.4. The molecule has 170 valence electrons. The Labute approximate surface area is 201 Å². The smallest absolute Gasteiger partial charge is 0.257 e. The molecule has 1 N–H and O–H groups in total. The van der Waals surface area contributed by atoms with Crippen LogP contribution in [0.25, 0.3) is 0 Å². The zero-order chi connectivity index (χ0) is 23.6. The van der Waals surface area contributed by atoms with Gasteiger partial charge in [0.2, 0.25) is 0 Å². The molecule has 34 heavy (non-hydrogen) atoms. The first-order chi connectivity index (χ1) is 16.5. The highest BCUT2D eigenvalue weighted by Gasteiger charge is 2.49. The number of rotatable bonds is 7. The van der Waals surface area contributed by atoms with Gasteiger partial charge in [-0.15, -0.1) is 0 Å². The Hall–Kier alpha value is -3.51. The Morgan fingerprint density at radius 1 is 0.765 bits per heavy atom. The summed E-state index contributed by atoms with van der Waals surface area (Å²) in [5.74, 6) is -0.187. The highest BCUT2D eigenvalue weighted by molar-refractivity contribution is 6.96. The molecule has 5 rings (SSSR count). The van der Waals surface area contributed by atoms with Crippen molar-refractivity contribution in [2.45, 2.75) is 12.3 Å². The van der Waals surface area contributed by atoms with Crippen LogP contribution in [0.1, 0.15) is 21.5 Å². The van der Waals surface area contributed by atoms with Gasteiger partial charge in [-0.1, -0.05) is 109 Å². The second-order valence-electron chi connectivity index (χ2n) is 8.65. The van der Waals surface area contributed by atoms with Crippen molar-refractivity contribution in [1.82, 2.24) is 4.90 Å². The van der Waals surface area contributed by atoms with Gasteiger partial charge in [-0.05, 0) is 23.0 Å². The van der Waals surface area contributed by atoms with Crippen LogP contribution < -0.4 is 10.4 Å². The van der Waals surface area contributed by atoms with Crippen LogP contribution in [0.5, 0.6) is 0 Å². The number of carbonyl (C=O) groups is 1. The number of hydrogen-bond donors (Lipinski definition) is 1. The predicted molar refractivity (Wildman–Crippen MR) is 137 cm³/mol. The number of aliphatic hydroxyl groups is 1. The van der Waals surface area contributed by atoms with Gasteiger partial charge in [-0.2, -0.15) is 0 Å². The van der Waals surface area contributed by atoms with Gasteiger partial charge in [0.15, 0.2) is 5.72 Å². The molecule has 1 aliphatic heterocycles. The predicted octanol–water partition coefficient (Wildman–Crippen LogP) is 3.74. The highest BCUT2D eigenvalue weighted by Crippen LogP contribution is 2.41. The molecule has 0 fully saturated rings. The first-order valence-electron chi connectivity index (χ1n) is 11.5. The zero-order valence-corrected chi connectivity index (χ0v) is 20.1. The average Bonchev–Trinajstić information content (AvgIpc) is 3.13. The largest absolute Gasteiger partial charge is 0.406 e. The van der Waals surface area contributed by atoms with E-state index in [9.17, 15) is 9.90 Å². The molecule has 0 radical (unpaired) electrons. The minimum atomic E-state index is -2.52. The standard InChI is InChI=1S/C29H27NO3Si/c1-34(24-15-7-3-8-16-24,25-17-9-4-10-18-25)33-22-21-30-28(31)26-19-11-12-20-27(26)29(30,32)23-13-5-2-6-14-23/h2-20,32H,21-22H2,1H3. The molecule has 4 aromatic carbocycles. The monoisotopic (exact) mass is 465 g/mol. The number of carbonyl (C=O) groups excluding carboxylic acids is 1. The van der Waals surface area contributed by atoms with Gasteiger partial charge in [0.1, 0.15) is 0 Å². The molecule has 1 aliphatic rings. The van der Waals surface area contributed by atoms with Gasteiger partial charge in [0, 0.05) is 23.2 Å². The number of hydrogen-bond acceptors (Lipinski definition) is 3. The number of benzene rings is 4. The quantitative estimate of drug-likeness (QED) is 0.423. The maximum absolute atomic E-state index is 13.4. The molecule has 0 aliphatic carbocycles. The van der Waals surface area contributed by atoms with Gasteiger partial charge in [0.25, 0.3) is 14.2 Å². The zero-order valence-electron chi connectivity index (χ0n) is 19.1. The van der Waals surface area contributed by atoms with Crippen molar-refractivity contribution in [2.75, 3.05) is 13.2 Å². The van der Waals surface area contributed by atoms with E-state index in [0.29, 0.717) is 23.3 Å². The first kappa shape index (κ1) is 22.3. The minimum Gasteiger partial charge on any atom is -0.406 e. The number of fused-ring (bicyclic) bond motifs is 1. The van der Waals surface area contributed by atoms with E-state index in [-0.39, 0.29) is 12.5 Å². The van der Waals surface area contributed by atoms with E-state index in [4.69, 9.17) is 4.43 Å². The maximum Gasteiger partial charge on any atom is 0.257 e. The van der Waals surface area contributed by atoms with Crippen molar-refractivity contribution >= 4 is 24.6 Å². The fourth-order valence-corrected chi connectivity index (χ4v) is 7.67. The van der Waals surface area contributed by atoms with Gasteiger partial charge in [0.05, 0.1) is 6.61 Å². The van der Waals surface area contributed by atoms with Crippen LogP contribution in [-0.2, 0) is 10.2 Å². The molecule has 1 amide bonds. The van der Waals surface area contributed by atoms with Crippen LogP contribution in [0.3, 0.4) is 0 Å². The highest BCUT2D eigenvalue weighted by atomic mass is 28.4. The van der Waals surface area contributed by atoms with Crippen molar-refractivity contribution in [2.24, 2.45) is 0 Å². The average molecular weight is 466 g/mol. The van der Waals surface area contributed by atoms with Gasteiger partial charge < -0.3 is 14.4 Å². The van der Waals surface area contributed by atoms with Crippen molar-refractivity contribution in [3.05, 3.63) is 132 Å².